The van der Waals surface area contributed by atoms with Crippen molar-refractivity contribution in [3.63, 3.8) is 0 Å². The van der Waals surface area contributed by atoms with E-state index in [9.17, 15) is 14.4 Å². The van der Waals surface area contributed by atoms with Gasteiger partial charge in [0.25, 0.3) is 5.91 Å². The summed E-state index contributed by atoms with van der Waals surface area (Å²) in [6.07, 6.45) is 2.17. The number of nitrogens with zero attached hydrogens (tertiary/aromatic N) is 1. The Morgan fingerprint density at radius 1 is 1.25 bits per heavy atom. The number of benzene rings is 1. The van der Waals surface area contributed by atoms with Gasteiger partial charge in [-0.3, -0.25) is 24.7 Å². The maximum absolute atomic E-state index is 12.4. The van der Waals surface area contributed by atoms with E-state index in [0.717, 1.165) is 10.9 Å². The number of imide groups is 1. The number of carbonyl (C=O) groups is 3. The van der Waals surface area contributed by atoms with Crippen molar-refractivity contribution in [1.29, 1.82) is 0 Å². The topological polar surface area (TPSA) is 88.2 Å². The number of amides is 3. The third kappa shape index (κ3) is 3.59. The summed E-state index contributed by atoms with van der Waals surface area (Å²) in [6.45, 7) is 5.95. The fraction of sp³-hybridized carbons (Fsp3) is 0.333. The second kappa shape index (κ2) is 7.68. The van der Waals surface area contributed by atoms with Crippen LogP contribution in [0, 0.1) is 6.92 Å². The predicted octanol–water partition coefficient (Wildman–Crippen LogP) is 2.10. The summed E-state index contributed by atoms with van der Waals surface area (Å²) < 4.78 is 0. The van der Waals surface area contributed by atoms with Gasteiger partial charge in [0.1, 0.15) is 6.04 Å². The van der Waals surface area contributed by atoms with Crippen molar-refractivity contribution < 1.29 is 14.4 Å². The SMILES string of the molecule is CC.Cc1ccc(C(=O)NC2CCC(=O)NC2=O)c2ncccc12. The zero-order chi connectivity index (χ0) is 17.7. The van der Waals surface area contributed by atoms with Crippen LogP contribution in [0.1, 0.15) is 42.6 Å². The van der Waals surface area contributed by atoms with Crippen LogP contribution in [0.2, 0.25) is 0 Å². The smallest absolute Gasteiger partial charge is 0.254 e. The van der Waals surface area contributed by atoms with E-state index >= 15 is 0 Å². The van der Waals surface area contributed by atoms with Gasteiger partial charge in [0.15, 0.2) is 0 Å². The van der Waals surface area contributed by atoms with E-state index in [1.54, 1.807) is 12.3 Å². The molecule has 126 valence electrons. The Morgan fingerprint density at radius 3 is 2.71 bits per heavy atom. The fourth-order valence-electron chi connectivity index (χ4n) is 2.57. The van der Waals surface area contributed by atoms with Crippen LogP contribution >= 0.6 is 0 Å². The number of hydrogen-bond acceptors (Lipinski definition) is 4. The van der Waals surface area contributed by atoms with Crippen molar-refractivity contribution in [2.24, 2.45) is 0 Å². The lowest BCUT2D eigenvalue weighted by atomic mass is 10.0. The van der Waals surface area contributed by atoms with Crippen LogP contribution in [-0.2, 0) is 9.59 Å². The molecule has 24 heavy (non-hydrogen) atoms. The van der Waals surface area contributed by atoms with Crippen LogP contribution in [0.25, 0.3) is 10.9 Å². The molecule has 1 aliphatic heterocycles. The van der Waals surface area contributed by atoms with E-state index < -0.39 is 11.9 Å². The van der Waals surface area contributed by atoms with Gasteiger partial charge in [-0.1, -0.05) is 26.0 Å². The summed E-state index contributed by atoms with van der Waals surface area (Å²) in [4.78, 5) is 39.6. The van der Waals surface area contributed by atoms with Gasteiger partial charge in [0.05, 0.1) is 11.1 Å². The lowest BCUT2D eigenvalue weighted by Gasteiger charge is -2.22. The summed E-state index contributed by atoms with van der Waals surface area (Å²) >= 11 is 0. The second-order valence-corrected chi connectivity index (χ2v) is 5.31. The van der Waals surface area contributed by atoms with E-state index in [1.807, 2.05) is 39.0 Å². The number of piperidine rings is 1. The monoisotopic (exact) mass is 327 g/mol. The largest absolute Gasteiger partial charge is 0.340 e. The number of nitrogens with one attached hydrogen (secondary N) is 2. The molecule has 0 saturated carbocycles. The van der Waals surface area contributed by atoms with Gasteiger partial charge in [-0.05, 0) is 31.0 Å². The Kier molecular flexibility index (Phi) is 5.63. The highest BCUT2D eigenvalue weighted by Gasteiger charge is 2.28. The summed E-state index contributed by atoms with van der Waals surface area (Å²) in [5.41, 5.74) is 2.05. The van der Waals surface area contributed by atoms with E-state index in [-0.39, 0.29) is 18.2 Å². The maximum atomic E-state index is 12.4. The molecule has 3 rings (SSSR count). The van der Waals surface area contributed by atoms with Crippen molar-refractivity contribution >= 4 is 28.6 Å². The van der Waals surface area contributed by atoms with Gasteiger partial charge in [0.2, 0.25) is 11.8 Å². The lowest BCUT2D eigenvalue weighted by molar-refractivity contribution is -0.134. The standard InChI is InChI=1S/C16H15N3O3.C2H6/c1-9-4-5-11(14-10(9)3-2-8-17-14)15(21)18-12-6-7-13(20)19-16(12)22;1-2/h2-5,8,12H,6-7H2,1H3,(H,18,21)(H,19,20,22);1-2H3. The first-order valence-corrected chi connectivity index (χ1v) is 8.05. The molecule has 0 bridgehead atoms. The highest BCUT2D eigenvalue weighted by molar-refractivity contribution is 6.08. The molecule has 1 aliphatic rings. The van der Waals surface area contributed by atoms with Gasteiger partial charge in [-0.2, -0.15) is 0 Å². The third-order valence-corrected chi connectivity index (χ3v) is 3.78. The minimum atomic E-state index is -0.690. The predicted molar refractivity (Wildman–Crippen MR) is 91.5 cm³/mol. The third-order valence-electron chi connectivity index (χ3n) is 3.78. The van der Waals surface area contributed by atoms with Crippen molar-refractivity contribution in [2.75, 3.05) is 0 Å². The molecule has 0 radical (unpaired) electrons. The van der Waals surface area contributed by atoms with Gasteiger partial charge >= 0.3 is 0 Å². The van der Waals surface area contributed by atoms with Gasteiger partial charge in [0, 0.05) is 18.0 Å². The number of rotatable bonds is 2. The van der Waals surface area contributed by atoms with Crippen LogP contribution in [0.5, 0.6) is 0 Å². The van der Waals surface area contributed by atoms with Gasteiger partial charge < -0.3 is 5.32 Å². The Morgan fingerprint density at radius 2 is 2.00 bits per heavy atom. The highest BCUT2D eigenvalue weighted by Crippen LogP contribution is 2.20. The number of hydrogen-bond donors (Lipinski definition) is 2. The molecule has 1 unspecified atom stereocenters. The first-order chi connectivity index (χ1) is 11.6. The Bertz CT molecular complexity index is 786. The minimum absolute atomic E-state index is 0.226. The van der Waals surface area contributed by atoms with Crippen LogP contribution in [0.3, 0.4) is 0 Å². The van der Waals surface area contributed by atoms with Crippen molar-refractivity contribution in [3.8, 4) is 0 Å². The normalized spacial score (nSPS) is 16.9. The van der Waals surface area contributed by atoms with E-state index in [1.165, 1.54) is 0 Å². The quantitative estimate of drug-likeness (QED) is 0.827. The zero-order valence-corrected chi connectivity index (χ0v) is 14.1. The molecule has 6 nitrogen and oxygen atoms in total. The summed E-state index contributed by atoms with van der Waals surface area (Å²) in [5.74, 6) is -1.13. The molecule has 6 heteroatoms. The molecule has 2 N–H and O–H groups in total. The molecule has 2 heterocycles. The summed E-state index contributed by atoms with van der Waals surface area (Å²) in [6, 6.07) is 6.58. The fourth-order valence-corrected chi connectivity index (χ4v) is 2.57. The van der Waals surface area contributed by atoms with Crippen molar-refractivity contribution in [3.05, 3.63) is 41.6 Å². The molecule has 1 saturated heterocycles. The van der Waals surface area contributed by atoms with E-state index in [0.29, 0.717) is 17.5 Å². The Hall–Kier alpha value is -2.76. The van der Waals surface area contributed by atoms with Crippen LogP contribution in [-0.4, -0.2) is 28.7 Å². The molecule has 2 aromatic rings. The molecule has 1 aromatic carbocycles. The van der Waals surface area contributed by atoms with E-state index in [2.05, 4.69) is 15.6 Å². The molecule has 1 atom stereocenters. The molecular weight excluding hydrogens is 306 g/mol. The van der Waals surface area contributed by atoms with Gasteiger partial charge in [-0.15, -0.1) is 0 Å². The van der Waals surface area contributed by atoms with Crippen LogP contribution < -0.4 is 10.6 Å². The van der Waals surface area contributed by atoms with E-state index in [4.69, 9.17) is 0 Å². The number of aryl methyl sites for hydroxylation is 1. The first-order valence-electron chi connectivity index (χ1n) is 8.05. The molecular formula is C18H21N3O3. The second-order valence-electron chi connectivity index (χ2n) is 5.31. The highest BCUT2D eigenvalue weighted by atomic mass is 16.2. The number of carbonyl (C=O) groups excluding carboxylic acids is 3. The zero-order valence-electron chi connectivity index (χ0n) is 14.1. The molecule has 0 spiro atoms. The van der Waals surface area contributed by atoms with Gasteiger partial charge in [-0.25, -0.2) is 0 Å². The summed E-state index contributed by atoms with van der Waals surface area (Å²) in [7, 11) is 0. The summed E-state index contributed by atoms with van der Waals surface area (Å²) in [5, 5.41) is 5.80. The van der Waals surface area contributed by atoms with Crippen LogP contribution in [0.4, 0.5) is 0 Å². The maximum Gasteiger partial charge on any atom is 0.254 e. The molecule has 1 fully saturated rings. The minimum Gasteiger partial charge on any atom is -0.340 e. The number of pyridine rings is 1. The first kappa shape index (κ1) is 17.6. The average molecular weight is 327 g/mol. The molecule has 0 aliphatic carbocycles. The Balaban J connectivity index is 0.00000100. The lowest BCUT2D eigenvalue weighted by Crippen LogP contribution is -2.52. The number of fused-ring (bicyclic) bond motifs is 1. The Labute approximate surface area is 140 Å². The van der Waals surface area contributed by atoms with Crippen molar-refractivity contribution in [1.82, 2.24) is 15.6 Å². The molecule has 1 aromatic heterocycles. The molecule has 3 amide bonds. The van der Waals surface area contributed by atoms with Crippen molar-refractivity contribution in [2.45, 2.75) is 39.7 Å². The average Bonchev–Trinajstić information content (AvgIpc) is 2.60. The number of aromatic nitrogens is 1. The van der Waals surface area contributed by atoms with Crippen LogP contribution in [0.15, 0.2) is 30.5 Å².